The third-order valence-corrected chi connectivity index (χ3v) is 6.19. The smallest absolute Gasteiger partial charge is 0.223 e. The van der Waals surface area contributed by atoms with Crippen LogP contribution >= 0.6 is 0 Å². The van der Waals surface area contributed by atoms with Gasteiger partial charge >= 0.3 is 0 Å². The minimum atomic E-state index is 0.185. The van der Waals surface area contributed by atoms with Crippen molar-refractivity contribution in [3.63, 3.8) is 0 Å². The lowest BCUT2D eigenvalue weighted by Gasteiger charge is -2.36. The Morgan fingerprint density at radius 2 is 2.04 bits per heavy atom. The average molecular weight is 367 g/mol. The van der Waals surface area contributed by atoms with E-state index in [1.54, 1.807) is 6.26 Å². The summed E-state index contributed by atoms with van der Waals surface area (Å²) in [5.74, 6) is 1.98. The van der Waals surface area contributed by atoms with E-state index in [0.717, 1.165) is 30.1 Å². The molecule has 0 N–H and O–H groups in total. The van der Waals surface area contributed by atoms with Crippen LogP contribution < -0.4 is 10.6 Å². The molecule has 2 aliphatic rings. The summed E-state index contributed by atoms with van der Waals surface area (Å²) in [4.78, 5) is 15.3. The van der Waals surface area contributed by atoms with Gasteiger partial charge in [-0.1, -0.05) is 19.9 Å². The number of aromatic nitrogens is 1. The Bertz CT molecular complexity index is 912. The lowest BCUT2D eigenvalue weighted by atomic mass is 9.81. The summed E-state index contributed by atoms with van der Waals surface area (Å²) < 4.78 is 7.70. The van der Waals surface area contributed by atoms with Gasteiger partial charge in [0.15, 0.2) is 0 Å². The Morgan fingerprint density at radius 3 is 2.74 bits per heavy atom. The maximum atomic E-state index is 13.2. The zero-order chi connectivity index (χ0) is 19.0. The molecule has 4 rings (SSSR count). The largest absolute Gasteiger partial charge is 0.465 e. The van der Waals surface area contributed by atoms with E-state index in [-0.39, 0.29) is 5.92 Å². The van der Waals surface area contributed by atoms with Gasteiger partial charge in [0.25, 0.3) is 0 Å². The van der Waals surface area contributed by atoms with Crippen LogP contribution in [0.1, 0.15) is 44.7 Å². The van der Waals surface area contributed by atoms with Gasteiger partial charge in [0, 0.05) is 49.6 Å². The third kappa shape index (κ3) is 3.76. The van der Waals surface area contributed by atoms with Crippen molar-refractivity contribution in [2.75, 3.05) is 13.1 Å². The Hall–Kier alpha value is -2.23. The van der Waals surface area contributed by atoms with E-state index >= 15 is 0 Å². The molecule has 4 atom stereocenters. The van der Waals surface area contributed by atoms with Crippen LogP contribution in [0.25, 0.3) is 12.2 Å². The molecule has 1 amide bonds. The van der Waals surface area contributed by atoms with Crippen LogP contribution in [0, 0.1) is 17.8 Å². The molecule has 4 unspecified atom stereocenters. The quantitative estimate of drug-likeness (QED) is 0.835. The van der Waals surface area contributed by atoms with Crippen molar-refractivity contribution in [3.05, 3.63) is 47.0 Å². The highest BCUT2D eigenvalue weighted by Gasteiger charge is 2.31. The molecule has 0 aromatic carbocycles. The topological polar surface area (TPSA) is 38.4 Å². The second-order valence-corrected chi connectivity index (χ2v) is 8.61. The number of furan rings is 1. The fourth-order valence-corrected chi connectivity index (χ4v) is 4.98. The van der Waals surface area contributed by atoms with Gasteiger partial charge < -0.3 is 13.9 Å². The fourth-order valence-electron chi connectivity index (χ4n) is 4.98. The van der Waals surface area contributed by atoms with E-state index < -0.39 is 0 Å². The van der Waals surface area contributed by atoms with Gasteiger partial charge in [-0.2, -0.15) is 0 Å². The highest BCUT2D eigenvalue weighted by atomic mass is 16.3. The van der Waals surface area contributed by atoms with Gasteiger partial charge in [-0.3, -0.25) is 4.79 Å². The third-order valence-electron chi connectivity index (χ3n) is 6.19. The molecule has 1 saturated heterocycles. The lowest BCUT2D eigenvalue weighted by Crippen LogP contribution is -2.43. The molecule has 3 heterocycles. The Morgan fingerprint density at radius 1 is 1.26 bits per heavy atom. The van der Waals surface area contributed by atoms with E-state index in [1.165, 1.54) is 12.1 Å². The summed E-state index contributed by atoms with van der Waals surface area (Å²) in [6, 6.07) is 6.27. The Balaban J connectivity index is 1.60. The summed E-state index contributed by atoms with van der Waals surface area (Å²) in [6.07, 6.45) is 11.0. The highest BCUT2D eigenvalue weighted by molar-refractivity contribution is 5.77. The minimum absolute atomic E-state index is 0.185. The van der Waals surface area contributed by atoms with E-state index in [4.69, 9.17) is 4.42 Å². The molecule has 144 valence electrons. The van der Waals surface area contributed by atoms with Crippen LogP contribution in [-0.2, 0) is 11.8 Å². The van der Waals surface area contributed by atoms with Gasteiger partial charge in [-0.15, -0.1) is 0 Å². The van der Waals surface area contributed by atoms with E-state index in [2.05, 4.69) is 60.8 Å². The van der Waals surface area contributed by atoms with Crippen LogP contribution in [-0.4, -0.2) is 28.5 Å². The molecule has 0 saturated carbocycles. The molecule has 0 bridgehead atoms. The maximum Gasteiger partial charge on any atom is 0.223 e. The Labute approximate surface area is 161 Å². The van der Waals surface area contributed by atoms with Crippen molar-refractivity contribution in [1.29, 1.82) is 0 Å². The number of piperidine rings is 1. The first-order valence-corrected chi connectivity index (χ1v) is 10.2. The van der Waals surface area contributed by atoms with Crippen molar-refractivity contribution in [2.24, 2.45) is 24.8 Å². The first kappa shape index (κ1) is 18.1. The molecule has 4 heteroatoms. The summed E-state index contributed by atoms with van der Waals surface area (Å²) >= 11 is 0. The van der Waals surface area contributed by atoms with E-state index in [1.807, 2.05) is 6.07 Å². The van der Waals surface area contributed by atoms with Crippen molar-refractivity contribution in [3.8, 4) is 0 Å². The minimum Gasteiger partial charge on any atom is -0.465 e. The monoisotopic (exact) mass is 366 g/mol. The maximum absolute atomic E-state index is 13.2. The van der Waals surface area contributed by atoms with Gasteiger partial charge in [0.05, 0.1) is 6.26 Å². The van der Waals surface area contributed by atoms with Crippen molar-refractivity contribution < 1.29 is 9.21 Å². The summed E-state index contributed by atoms with van der Waals surface area (Å²) in [6.45, 7) is 6.31. The van der Waals surface area contributed by atoms with Gasteiger partial charge in [-0.05, 0) is 54.9 Å². The predicted octanol–water partition coefficient (Wildman–Crippen LogP) is 2.88. The van der Waals surface area contributed by atoms with Crippen molar-refractivity contribution in [2.45, 2.75) is 39.0 Å². The molecule has 4 nitrogen and oxygen atoms in total. The number of amides is 1. The summed E-state index contributed by atoms with van der Waals surface area (Å²) in [5.41, 5.74) is 2.20. The van der Waals surface area contributed by atoms with Crippen LogP contribution in [0.4, 0.5) is 0 Å². The van der Waals surface area contributed by atoms with Gasteiger partial charge in [0.1, 0.15) is 5.42 Å². The molecule has 1 aliphatic heterocycles. The van der Waals surface area contributed by atoms with Gasteiger partial charge in [-0.25, -0.2) is 0 Å². The standard InChI is InChI=1S/C23H30N2O2/c1-16-11-17(2)15-25(14-16)23(26)13-20(21-5-4-9-24(21)3)18-6-7-22-19(12-18)8-10-27-22/h4-5,7-10,12,16-18,20H,6,11,13-15H2,1-3H3. The number of nitrogens with zero attached hydrogens (tertiary/aromatic N) is 2. The number of carbonyl (C=O) groups excluding carboxylic acids is 1. The number of aryl methyl sites for hydroxylation is 1. The Kier molecular flexibility index (Phi) is 4.98. The number of carbonyl (C=O) groups is 1. The van der Waals surface area contributed by atoms with Crippen molar-refractivity contribution >= 4 is 18.1 Å². The first-order valence-electron chi connectivity index (χ1n) is 10.2. The molecule has 27 heavy (non-hydrogen) atoms. The molecular weight excluding hydrogens is 336 g/mol. The van der Waals surface area contributed by atoms with Crippen LogP contribution in [0.5, 0.6) is 0 Å². The number of rotatable bonds is 4. The fraction of sp³-hybridized carbons (Fsp3) is 0.522. The zero-order valence-electron chi connectivity index (χ0n) is 16.6. The normalized spacial score (nSPS) is 26.0. The molecule has 1 fully saturated rings. The van der Waals surface area contributed by atoms with Crippen LogP contribution in [0.3, 0.4) is 0 Å². The number of likely N-dealkylation sites (tertiary alicyclic amines) is 1. The van der Waals surface area contributed by atoms with Crippen LogP contribution in [0.15, 0.2) is 35.1 Å². The zero-order valence-corrected chi connectivity index (χ0v) is 16.6. The number of hydrogen-bond donors (Lipinski definition) is 0. The van der Waals surface area contributed by atoms with E-state index in [0.29, 0.717) is 30.1 Å². The molecule has 2 aromatic heterocycles. The SMILES string of the molecule is CC1CC(C)CN(C(=O)CC(c2cccn2C)C2C=c3ccoc3=CC2)C1. The van der Waals surface area contributed by atoms with Gasteiger partial charge in [0.2, 0.25) is 5.91 Å². The highest BCUT2D eigenvalue weighted by Crippen LogP contribution is 2.34. The van der Waals surface area contributed by atoms with Crippen LogP contribution in [0.2, 0.25) is 0 Å². The second-order valence-electron chi connectivity index (χ2n) is 8.61. The van der Waals surface area contributed by atoms with Crippen molar-refractivity contribution in [1.82, 2.24) is 9.47 Å². The van der Waals surface area contributed by atoms with E-state index in [9.17, 15) is 4.79 Å². The second kappa shape index (κ2) is 7.41. The summed E-state index contributed by atoms with van der Waals surface area (Å²) in [7, 11) is 2.08. The molecule has 0 radical (unpaired) electrons. The average Bonchev–Trinajstić information content (AvgIpc) is 3.26. The first-order chi connectivity index (χ1) is 13.0. The molecule has 0 spiro atoms. The number of fused-ring (bicyclic) bond motifs is 1. The molecule has 1 aliphatic carbocycles. The number of hydrogen-bond acceptors (Lipinski definition) is 2. The molecular formula is C23H30N2O2. The predicted molar refractivity (Wildman–Crippen MR) is 107 cm³/mol. The molecule has 2 aromatic rings. The summed E-state index contributed by atoms with van der Waals surface area (Å²) in [5, 5.41) is 1.15. The lowest BCUT2D eigenvalue weighted by molar-refractivity contribution is -0.134.